The number of amides is 2. The molecule has 2 fully saturated rings. The summed E-state index contributed by atoms with van der Waals surface area (Å²) in [5.74, 6) is 0.336. The van der Waals surface area contributed by atoms with Gasteiger partial charge in [0.05, 0.1) is 5.92 Å². The van der Waals surface area contributed by atoms with Crippen LogP contribution in [0.4, 0.5) is 11.4 Å². The van der Waals surface area contributed by atoms with E-state index in [4.69, 9.17) is 0 Å². The van der Waals surface area contributed by atoms with Crippen molar-refractivity contribution in [2.45, 2.75) is 25.7 Å². The van der Waals surface area contributed by atoms with E-state index in [1.54, 1.807) is 0 Å². The molecule has 1 heterocycles. The summed E-state index contributed by atoms with van der Waals surface area (Å²) in [6, 6.07) is 7.35. The number of hydrogen-bond acceptors (Lipinski definition) is 3. The summed E-state index contributed by atoms with van der Waals surface area (Å²) in [5, 5.41) is 9.07. The molecular weight excluding hydrogens is 302 g/mol. The van der Waals surface area contributed by atoms with Crippen molar-refractivity contribution in [1.82, 2.24) is 5.32 Å². The molecule has 0 radical (unpaired) electrons. The zero-order valence-corrected chi connectivity index (χ0v) is 13.2. The first-order valence-corrected chi connectivity index (χ1v) is 7.65. The number of anilines is 2. The highest BCUT2D eigenvalue weighted by molar-refractivity contribution is 5.96. The molecule has 1 aliphatic carbocycles. The Balaban J connectivity index is 0.00000176. The molecule has 1 aromatic carbocycles. The molecule has 0 unspecified atom stereocenters. The third-order valence-electron chi connectivity index (χ3n) is 4.01. The van der Waals surface area contributed by atoms with Gasteiger partial charge in [-0.1, -0.05) is 6.07 Å². The highest BCUT2D eigenvalue weighted by Crippen LogP contribution is 2.30. The van der Waals surface area contributed by atoms with Gasteiger partial charge in [-0.3, -0.25) is 9.59 Å². The molecule has 0 aromatic heterocycles. The van der Waals surface area contributed by atoms with Crippen molar-refractivity contribution in [3.63, 3.8) is 0 Å². The molecule has 120 valence electrons. The number of hydrogen-bond donors (Lipinski definition) is 3. The van der Waals surface area contributed by atoms with Crippen molar-refractivity contribution in [2.24, 2.45) is 11.8 Å². The maximum absolute atomic E-state index is 12.2. The Bertz CT molecular complexity index is 540. The topological polar surface area (TPSA) is 70.2 Å². The predicted molar refractivity (Wildman–Crippen MR) is 89.3 cm³/mol. The van der Waals surface area contributed by atoms with Gasteiger partial charge in [0, 0.05) is 23.8 Å². The molecule has 2 aliphatic rings. The molecule has 0 spiro atoms. The monoisotopic (exact) mass is 323 g/mol. The maximum atomic E-state index is 12.2. The van der Waals surface area contributed by atoms with Gasteiger partial charge in [-0.05, 0) is 50.4 Å². The second-order valence-corrected chi connectivity index (χ2v) is 5.88. The molecule has 1 atom stereocenters. The Labute approximate surface area is 136 Å². The fourth-order valence-corrected chi connectivity index (χ4v) is 2.58. The van der Waals surface area contributed by atoms with Crippen LogP contribution in [0.25, 0.3) is 0 Å². The number of nitrogens with one attached hydrogen (secondary N) is 3. The summed E-state index contributed by atoms with van der Waals surface area (Å²) in [5.41, 5.74) is 1.48. The van der Waals surface area contributed by atoms with Crippen molar-refractivity contribution < 1.29 is 9.59 Å². The molecule has 3 N–H and O–H groups in total. The lowest BCUT2D eigenvalue weighted by Gasteiger charge is -2.22. The molecule has 22 heavy (non-hydrogen) atoms. The van der Waals surface area contributed by atoms with Crippen LogP contribution in [-0.4, -0.2) is 24.9 Å². The van der Waals surface area contributed by atoms with E-state index < -0.39 is 0 Å². The average Bonchev–Trinajstić information content (AvgIpc) is 3.33. The first kappa shape index (κ1) is 16.8. The van der Waals surface area contributed by atoms with Gasteiger partial charge in [-0.25, -0.2) is 0 Å². The fraction of sp³-hybridized carbons (Fsp3) is 0.500. The number of rotatable bonds is 4. The Morgan fingerprint density at radius 1 is 1.00 bits per heavy atom. The number of carbonyl (C=O) groups excluding carboxylic acids is 2. The van der Waals surface area contributed by atoms with E-state index in [2.05, 4.69) is 16.0 Å². The van der Waals surface area contributed by atoms with Gasteiger partial charge in [-0.15, -0.1) is 12.4 Å². The molecule has 1 aliphatic heterocycles. The van der Waals surface area contributed by atoms with E-state index in [-0.39, 0.29) is 36.1 Å². The minimum atomic E-state index is 0. The molecule has 1 saturated carbocycles. The average molecular weight is 324 g/mol. The van der Waals surface area contributed by atoms with Gasteiger partial charge < -0.3 is 16.0 Å². The number of carbonyl (C=O) groups is 2. The van der Waals surface area contributed by atoms with Crippen LogP contribution in [-0.2, 0) is 9.59 Å². The number of halogens is 1. The van der Waals surface area contributed by atoms with Crippen molar-refractivity contribution in [3.8, 4) is 0 Å². The molecule has 6 heteroatoms. The zero-order chi connectivity index (χ0) is 14.7. The normalized spacial score (nSPS) is 20.6. The first-order valence-electron chi connectivity index (χ1n) is 7.65. The van der Waals surface area contributed by atoms with E-state index >= 15 is 0 Å². The molecule has 5 nitrogen and oxygen atoms in total. The van der Waals surface area contributed by atoms with E-state index in [1.807, 2.05) is 24.3 Å². The minimum Gasteiger partial charge on any atom is -0.326 e. The standard InChI is InChI=1S/C16H21N3O2.ClH/c20-15(11-6-7-11)18-13-4-1-5-14(9-13)19-16(21)12-3-2-8-17-10-12;/h1,4-5,9,11-12,17H,2-3,6-8,10H2,(H,18,20)(H,19,21);1H/t12-;/m1./s1. The summed E-state index contributed by atoms with van der Waals surface area (Å²) < 4.78 is 0. The lowest BCUT2D eigenvalue weighted by atomic mass is 9.99. The fourth-order valence-electron chi connectivity index (χ4n) is 2.58. The maximum Gasteiger partial charge on any atom is 0.228 e. The second kappa shape index (κ2) is 7.61. The SMILES string of the molecule is Cl.O=C(Nc1cccc(NC(=O)[C@@H]2CCCNC2)c1)C1CC1. The Morgan fingerprint density at radius 3 is 2.18 bits per heavy atom. The lowest BCUT2D eigenvalue weighted by Crippen LogP contribution is -2.37. The first-order chi connectivity index (χ1) is 10.2. The van der Waals surface area contributed by atoms with E-state index in [0.717, 1.165) is 50.1 Å². The van der Waals surface area contributed by atoms with Crippen LogP contribution < -0.4 is 16.0 Å². The van der Waals surface area contributed by atoms with Gasteiger partial charge >= 0.3 is 0 Å². The molecule has 0 bridgehead atoms. The van der Waals surface area contributed by atoms with Crippen LogP contribution in [0.1, 0.15) is 25.7 Å². The van der Waals surface area contributed by atoms with Gasteiger partial charge in [-0.2, -0.15) is 0 Å². The highest BCUT2D eigenvalue weighted by Gasteiger charge is 2.29. The summed E-state index contributed by atoms with van der Waals surface area (Å²) in [4.78, 5) is 23.9. The quantitative estimate of drug-likeness (QED) is 0.797. The van der Waals surface area contributed by atoms with Crippen LogP contribution in [0.5, 0.6) is 0 Å². The largest absolute Gasteiger partial charge is 0.326 e. The Morgan fingerprint density at radius 2 is 1.64 bits per heavy atom. The molecule has 2 amide bonds. The van der Waals surface area contributed by atoms with E-state index in [1.165, 1.54) is 0 Å². The van der Waals surface area contributed by atoms with E-state index in [0.29, 0.717) is 0 Å². The molecule has 1 aromatic rings. The van der Waals surface area contributed by atoms with Crippen LogP contribution >= 0.6 is 12.4 Å². The van der Waals surface area contributed by atoms with Gasteiger partial charge in [0.2, 0.25) is 11.8 Å². The van der Waals surface area contributed by atoms with Crippen LogP contribution in [0.3, 0.4) is 0 Å². The van der Waals surface area contributed by atoms with Gasteiger partial charge in [0.15, 0.2) is 0 Å². The zero-order valence-electron chi connectivity index (χ0n) is 12.4. The summed E-state index contributed by atoms with van der Waals surface area (Å²) >= 11 is 0. The summed E-state index contributed by atoms with van der Waals surface area (Å²) in [7, 11) is 0. The van der Waals surface area contributed by atoms with Crippen molar-refractivity contribution in [1.29, 1.82) is 0 Å². The molecule has 1 saturated heterocycles. The predicted octanol–water partition coefficient (Wildman–Crippen LogP) is 2.40. The lowest BCUT2D eigenvalue weighted by molar-refractivity contribution is -0.120. The van der Waals surface area contributed by atoms with Crippen molar-refractivity contribution in [2.75, 3.05) is 23.7 Å². The number of piperidine rings is 1. The summed E-state index contributed by atoms with van der Waals surface area (Å²) in [6.45, 7) is 1.73. The Kier molecular flexibility index (Phi) is 5.80. The molecular formula is C16H22ClN3O2. The smallest absolute Gasteiger partial charge is 0.228 e. The van der Waals surface area contributed by atoms with Crippen LogP contribution in [0.2, 0.25) is 0 Å². The third-order valence-corrected chi connectivity index (χ3v) is 4.01. The van der Waals surface area contributed by atoms with Crippen molar-refractivity contribution in [3.05, 3.63) is 24.3 Å². The minimum absolute atomic E-state index is 0. The van der Waals surface area contributed by atoms with Crippen LogP contribution in [0, 0.1) is 11.8 Å². The van der Waals surface area contributed by atoms with Crippen LogP contribution in [0.15, 0.2) is 24.3 Å². The van der Waals surface area contributed by atoms with E-state index in [9.17, 15) is 9.59 Å². The van der Waals surface area contributed by atoms with Gasteiger partial charge in [0.25, 0.3) is 0 Å². The third kappa shape index (κ3) is 4.45. The second-order valence-electron chi connectivity index (χ2n) is 5.88. The number of benzene rings is 1. The Hall–Kier alpha value is -1.59. The highest BCUT2D eigenvalue weighted by atomic mass is 35.5. The summed E-state index contributed by atoms with van der Waals surface area (Å²) in [6.07, 6.45) is 3.93. The van der Waals surface area contributed by atoms with Crippen molar-refractivity contribution >= 4 is 35.6 Å². The van der Waals surface area contributed by atoms with Gasteiger partial charge in [0.1, 0.15) is 0 Å². The molecule has 3 rings (SSSR count).